The molecule has 0 aliphatic carbocycles. The summed E-state index contributed by atoms with van der Waals surface area (Å²) in [6.45, 7) is 2.62. The van der Waals surface area contributed by atoms with Gasteiger partial charge in [0, 0.05) is 24.2 Å². The Bertz CT molecular complexity index is 1220. The summed E-state index contributed by atoms with van der Waals surface area (Å²) < 4.78 is 71.8. The molecule has 4 rings (SSSR count). The number of cyclic esters (lactones) is 1. The van der Waals surface area contributed by atoms with Gasteiger partial charge in [-0.2, -0.15) is 18.2 Å². The van der Waals surface area contributed by atoms with E-state index in [2.05, 4.69) is 30.2 Å². The fourth-order valence-electron chi connectivity index (χ4n) is 3.35. The lowest BCUT2D eigenvalue weighted by Crippen LogP contribution is -2.40. The number of ether oxygens (including phenoxy) is 1. The Hall–Kier alpha value is -3.97. The maximum absolute atomic E-state index is 14.4. The van der Waals surface area contributed by atoms with Gasteiger partial charge in [0.2, 0.25) is 5.95 Å². The van der Waals surface area contributed by atoms with Crippen molar-refractivity contribution in [3.8, 4) is 11.1 Å². The number of alkyl halides is 4. The second-order valence-electron chi connectivity index (χ2n) is 7.68. The van der Waals surface area contributed by atoms with E-state index < -0.39 is 47.9 Å². The minimum atomic E-state index is -4.59. The minimum absolute atomic E-state index is 0.0875. The summed E-state index contributed by atoms with van der Waals surface area (Å²) in [5.41, 5.74) is -0.460. The number of halogens is 5. The van der Waals surface area contributed by atoms with E-state index in [1.54, 1.807) is 6.92 Å². The van der Waals surface area contributed by atoms with E-state index in [0.29, 0.717) is 5.56 Å². The van der Waals surface area contributed by atoms with Crippen molar-refractivity contribution < 1.29 is 31.5 Å². The Balaban J connectivity index is 1.52. The van der Waals surface area contributed by atoms with Crippen LogP contribution in [0.2, 0.25) is 0 Å². The Morgan fingerprint density at radius 2 is 1.83 bits per heavy atom. The molecule has 1 aliphatic rings. The van der Waals surface area contributed by atoms with Crippen molar-refractivity contribution in [1.82, 2.24) is 24.9 Å². The van der Waals surface area contributed by atoms with Gasteiger partial charge in [0.1, 0.15) is 30.3 Å². The van der Waals surface area contributed by atoms with E-state index >= 15 is 0 Å². The monoisotopic (exact) mass is 495 g/mol. The molecule has 0 saturated carbocycles. The smallest absolute Gasteiger partial charge is 0.433 e. The molecule has 0 radical (unpaired) electrons. The summed E-state index contributed by atoms with van der Waals surface area (Å²) in [6, 6.07) is 0.632. The summed E-state index contributed by atoms with van der Waals surface area (Å²) in [5, 5.41) is 2.85. The normalized spacial score (nSPS) is 17.7. The SMILES string of the molecule is C[C@H](Nc1ncc(F)c(N2C(=O)OC[C@@H]2[C@H](C)F)n1)c1ncc(-c2ccnc(C(F)(F)F)c2)cn1. The fraction of sp³-hybridized carbons (Fsp3) is 0.333. The van der Waals surface area contributed by atoms with Gasteiger partial charge in [0.15, 0.2) is 11.6 Å². The summed E-state index contributed by atoms with van der Waals surface area (Å²) in [6.07, 6.45) is -2.44. The maximum Gasteiger partial charge on any atom is 0.433 e. The van der Waals surface area contributed by atoms with Crippen LogP contribution in [0.5, 0.6) is 0 Å². The molecule has 0 spiro atoms. The Morgan fingerprint density at radius 1 is 1.11 bits per heavy atom. The first-order chi connectivity index (χ1) is 16.5. The van der Waals surface area contributed by atoms with Crippen LogP contribution in [0.3, 0.4) is 0 Å². The van der Waals surface area contributed by atoms with E-state index in [-0.39, 0.29) is 23.9 Å². The summed E-state index contributed by atoms with van der Waals surface area (Å²) in [5.74, 6) is -1.23. The van der Waals surface area contributed by atoms with Crippen molar-refractivity contribution in [3.05, 3.63) is 54.3 Å². The molecule has 1 amide bonds. The van der Waals surface area contributed by atoms with Crippen LogP contribution in [0, 0.1) is 5.82 Å². The number of hydrogen-bond acceptors (Lipinski definition) is 8. The van der Waals surface area contributed by atoms with Crippen LogP contribution in [-0.4, -0.2) is 49.8 Å². The van der Waals surface area contributed by atoms with Gasteiger partial charge >= 0.3 is 12.3 Å². The molecular weight excluding hydrogens is 477 g/mol. The second kappa shape index (κ2) is 9.35. The Labute approximate surface area is 195 Å². The predicted octanol–water partition coefficient (Wildman–Crippen LogP) is 4.34. The van der Waals surface area contributed by atoms with Crippen LogP contribution in [-0.2, 0) is 10.9 Å². The number of carbonyl (C=O) groups excluding carboxylic acids is 1. The molecule has 35 heavy (non-hydrogen) atoms. The van der Waals surface area contributed by atoms with E-state index in [1.807, 2.05) is 0 Å². The van der Waals surface area contributed by atoms with E-state index in [9.17, 15) is 26.7 Å². The molecule has 3 aromatic heterocycles. The molecular formula is C21H18F5N7O2. The van der Waals surface area contributed by atoms with Gasteiger partial charge in [-0.25, -0.2) is 33.4 Å². The van der Waals surface area contributed by atoms with Crippen LogP contribution in [0.15, 0.2) is 36.9 Å². The summed E-state index contributed by atoms with van der Waals surface area (Å²) in [7, 11) is 0. The van der Waals surface area contributed by atoms with Crippen LogP contribution >= 0.6 is 0 Å². The van der Waals surface area contributed by atoms with Gasteiger partial charge in [-0.05, 0) is 31.5 Å². The van der Waals surface area contributed by atoms with Crippen LogP contribution in [0.1, 0.15) is 31.4 Å². The second-order valence-corrected chi connectivity index (χ2v) is 7.68. The highest BCUT2D eigenvalue weighted by molar-refractivity contribution is 5.89. The van der Waals surface area contributed by atoms with E-state index in [0.717, 1.165) is 23.4 Å². The lowest BCUT2D eigenvalue weighted by Gasteiger charge is -2.22. The highest BCUT2D eigenvalue weighted by atomic mass is 19.4. The average molecular weight is 495 g/mol. The largest absolute Gasteiger partial charge is 0.447 e. The van der Waals surface area contributed by atoms with Crippen LogP contribution in [0.4, 0.5) is 38.5 Å². The van der Waals surface area contributed by atoms with Gasteiger partial charge in [-0.1, -0.05) is 0 Å². The molecule has 1 fully saturated rings. The molecule has 1 saturated heterocycles. The number of pyridine rings is 1. The molecule has 1 aliphatic heterocycles. The van der Waals surface area contributed by atoms with Crippen molar-refractivity contribution >= 4 is 17.9 Å². The molecule has 184 valence electrons. The standard InChI is InChI=1S/C21H18F5N7O2/c1-10(22)15-9-35-20(34)33(15)18-14(23)8-30-19(32-18)31-11(2)17-28-6-13(7-29-17)12-3-4-27-16(5-12)21(24,25)26/h3-8,10-11,15H,9H2,1-2H3,(H,30,31,32)/t10-,11-,15+/m0/s1. The first-order valence-corrected chi connectivity index (χ1v) is 10.3. The highest BCUT2D eigenvalue weighted by Gasteiger charge is 2.40. The molecule has 9 nitrogen and oxygen atoms in total. The van der Waals surface area contributed by atoms with Gasteiger partial charge in [0.25, 0.3) is 0 Å². The molecule has 0 unspecified atom stereocenters. The molecule has 4 heterocycles. The average Bonchev–Trinajstić information content (AvgIpc) is 3.21. The number of hydrogen-bond donors (Lipinski definition) is 1. The molecule has 3 atom stereocenters. The predicted molar refractivity (Wildman–Crippen MR) is 112 cm³/mol. The number of amides is 1. The zero-order chi connectivity index (χ0) is 25.3. The van der Waals surface area contributed by atoms with Crippen LogP contribution < -0.4 is 10.2 Å². The molecule has 3 aromatic rings. The summed E-state index contributed by atoms with van der Waals surface area (Å²) >= 11 is 0. The number of nitrogens with zero attached hydrogens (tertiary/aromatic N) is 6. The quantitative estimate of drug-likeness (QED) is 0.504. The fourth-order valence-corrected chi connectivity index (χ4v) is 3.35. The third-order valence-electron chi connectivity index (χ3n) is 5.18. The minimum Gasteiger partial charge on any atom is -0.447 e. The van der Waals surface area contributed by atoms with Crippen molar-refractivity contribution in [3.63, 3.8) is 0 Å². The van der Waals surface area contributed by atoms with Crippen LogP contribution in [0.25, 0.3) is 11.1 Å². The molecule has 0 aromatic carbocycles. The van der Waals surface area contributed by atoms with Gasteiger partial charge in [-0.15, -0.1) is 0 Å². The van der Waals surface area contributed by atoms with Crippen molar-refractivity contribution in [2.75, 3.05) is 16.8 Å². The lowest BCUT2D eigenvalue weighted by atomic mass is 10.1. The van der Waals surface area contributed by atoms with Gasteiger partial charge < -0.3 is 10.1 Å². The zero-order valence-electron chi connectivity index (χ0n) is 18.3. The van der Waals surface area contributed by atoms with Gasteiger partial charge in [-0.3, -0.25) is 4.98 Å². The third kappa shape index (κ3) is 5.10. The van der Waals surface area contributed by atoms with E-state index in [4.69, 9.17) is 4.74 Å². The first-order valence-electron chi connectivity index (χ1n) is 10.3. The Morgan fingerprint density at radius 3 is 2.49 bits per heavy atom. The number of aromatic nitrogens is 5. The lowest BCUT2D eigenvalue weighted by molar-refractivity contribution is -0.141. The number of nitrogens with one attached hydrogen (secondary N) is 1. The molecule has 14 heteroatoms. The zero-order valence-corrected chi connectivity index (χ0v) is 18.3. The molecule has 1 N–H and O–H groups in total. The third-order valence-corrected chi connectivity index (χ3v) is 5.18. The van der Waals surface area contributed by atoms with Crippen molar-refractivity contribution in [2.24, 2.45) is 0 Å². The van der Waals surface area contributed by atoms with Crippen molar-refractivity contribution in [1.29, 1.82) is 0 Å². The van der Waals surface area contributed by atoms with E-state index in [1.165, 1.54) is 25.4 Å². The summed E-state index contributed by atoms with van der Waals surface area (Å²) in [4.78, 5) is 32.3. The number of carbonyl (C=O) groups is 1. The maximum atomic E-state index is 14.4. The molecule has 0 bridgehead atoms. The Kier molecular flexibility index (Phi) is 6.45. The topological polar surface area (TPSA) is 106 Å². The number of anilines is 2. The number of rotatable bonds is 6. The first kappa shape index (κ1) is 24.2. The van der Waals surface area contributed by atoms with Crippen molar-refractivity contribution in [2.45, 2.75) is 38.3 Å². The highest BCUT2D eigenvalue weighted by Crippen LogP contribution is 2.31. The van der Waals surface area contributed by atoms with Gasteiger partial charge in [0.05, 0.1) is 12.2 Å².